The summed E-state index contributed by atoms with van der Waals surface area (Å²) in [5.41, 5.74) is 3.29. The first kappa shape index (κ1) is 16.3. The topological polar surface area (TPSA) is 0 Å². The number of hydrogen-bond acceptors (Lipinski definition) is 0. The Kier molecular flexibility index (Phi) is 6.10. The van der Waals surface area contributed by atoms with E-state index in [1.807, 2.05) is 13.8 Å². The van der Waals surface area contributed by atoms with Crippen molar-refractivity contribution in [1.82, 2.24) is 0 Å². The fourth-order valence-electron chi connectivity index (χ4n) is 2.85. The van der Waals surface area contributed by atoms with Gasteiger partial charge in [0.05, 0.1) is 0 Å². The van der Waals surface area contributed by atoms with Crippen LogP contribution >= 0.6 is 0 Å². The summed E-state index contributed by atoms with van der Waals surface area (Å²) < 4.78 is 0. The Morgan fingerprint density at radius 3 is 1.74 bits per heavy atom. The highest BCUT2D eigenvalue weighted by Crippen LogP contribution is 2.36. The second-order valence-corrected chi connectivity index (χ2v) is 6.83. The van der Waals surface area contributed by atoms with Gasteiger partial charge in [-0.15, -0.1) is 0 Å². The van der Waals surface area contributed by atoms with Gasteiger partial charge >= 0.3 is 0 Å². The van der Waals surface area contributed by atoms with Crippen LogP contribution in [0.15, 0.2) is 24.3 Å². The molecule has 1 aromatic rings. The van der Waals surface area contributed by atoms with E-state index in [1.54, 1.807) is 5.56 Å². The molecule has 0 N–H and O–H groups in total. The first-order chi connectivity index (χ1) is 8.97. The lowest BCUT2D eigenvalue weighted by atomic mass is 9.78. The van der Waals surface area contributed by atoms with Crippen LogP contribution in [0.5, 0.6) is 0 Å². The van der Waals surface area contributed by atoms with Gasteiger partial charge in [0, 0.05) is 0 Å². The van der Waals surface area contributed by atoms with Gasteiger partial charge in [0.1, 0.15) is 0 Å². The molecule has 1 saturated carbocycles. The lowest BCUT2D eigenvalue weighted by Gasteiger charge is -2.27. The van der Waals surface area contributed by atoms with Gasteiger partial charge in [-0.2, -0.15) is 0 Å². The Hall–Kier alpha value is -0.780. The molecule has 0 spiro atoms. The molecule has 0 aromatic heterocycles. The Labute approximate surface area is 120 Å². The van der Waals surface area contributed by atoms with E-state index in [9.17, 15) is 0 Å². The zero-order chi connectivity index (χ0) is 14.5. The SMILES string of the molecule is CC.CC1CCC(c2ccc(C(C)(C)C)cc2)CC1. The molecule has 2 rings (SSSR count). The van der Waals surface area contributed by atoms with Gasteiger partial charge in [-0.05, 0) is 41.2 Å². The summed E-state index contributed by atoms with van der Waals surface area (Å²) in [5.74, 6) is 1.76. The monoisotopic (exact) mass is 260 g/mol. The maximum Gasteiger partial charge on any atom is -0.0132 e. The molecule has 0 amide bonds. The summed E-state index contributed by atoms with van der Waals surface area (Å²) in [4.78, 5) is 0. The molecule has 1 aliphatic carbocycles. The summed E-state index contributed by atoms with van der Waals surface area (Å²) >= 11 is 0. The molecular formula is C19H32. The van der Waals surface area contributed by atoms with Crippen LogP contribution in [0.3, 0.4) is 0 Å². The minimum Gasteiger partial charge on any atom is -0.0683 e. The second kappa shape index (κ2) is 7.12. The van der Waals surface area contributed by atoms with Crippen LogP contribution in [0.2, 0.25) is 0 Å². The van der Waals surface area contributed by atoms with Gasteiger partial charge in [-0.25, -0.2) is 0 Å². The van der Waals surface area contributed by atoms with Gasteiger partial charge < -0.3 is 0 Å². The van der Waals surface area contributed by atoms with E-state index in [-0.39, 0.29) is 5.41 Å². The van der Waals surface area contributed by atoms with Crippen LogP contribution in [-0.4, -0.2) is 0 Å². The summed E-state index contributed by atoms with van der Waals surface area (Å²) in [7, 11) is 0. The first-order valence-corrected chi connectivity index (χ1v) is 8.07. The maximum atomic E-state index is 2.39. The van der Waals surface area contributed by atoms with Gasteiger partial charge in [-0.3, -0.25) is 0 Å². The Bertz CT molecular complexity index is 345. The lowest BCUT2D eigenvalue weighted by molar-refractivity contribution is 0.348. The average Bonchev–Trinajstić information content (AvgIpc) is 2.41. The molecule has 108 valence electrons. The van der Waals surface area contributed by atoms with Crippen LogP contribution in [0.4, 0.5) is 0 Å². The minimum atomic E-state index is 0.277. The highest BCUT2D eigenvalue weighted by molar-refractivity contribution is 5.29. The fraction of sp³-hybridized carbons (Fsp3) is 0.684. The third-order valence-electron chi connectivity index (χ3n) is 4.26. The predicted octanol–water partition coefficient (Wildman–Crippen LogP) is 6.30. The molecule has 0 radical (unpaired) electrons. The van der Waals surface area contributed by atoms with Gasteiger partial charge in [0.15, 0.2) is 0 Å². The van der Waals surface area contributed by atoms with Gasteiger partial charge in [0.25, 0.3) is 0 Å². The predicted molar refractivity (Wildman–Crippen MR) is 86.9 cm³/mol. The molecular weight excluding hydrogens is 228 g/mol. The van der Waals surface area contributed by atoms with Gasteiger partial charge in [0.2, 0.25) is 0 Å². The van der Waals surface area contributed by atoms with Crippen molar-refractivity contribution in [2.24, 2.45) is 5.92 Å². The molecule has 0 saturated heterocycles. The van der Waals surface area contributed by atoms with E-state index in [2.05, 4.69) is 52.0 Å². The van der Waals surface area contributed by atoms with E-state index in [0.717, 1.165) is 11.8 Å². The van der Waals surface area contributed by atoms with Crippen LogP contribution < -0.4 is 0 Å². The van der Waals surface area contributed by atoms with Crippen LogP contribution in [0, 0.1) is 5.92 Å². The van der Waals surface area contributed by atoms with Crippen molar-refractivity contribution >= 4 is 0 Å². The molecule has 19 heavy (non-hydrogen) atoms. The van der Waals surface area contributed by atoms with Crippen molar-refractivity contribution in [3.05, 3.63) is 35.4 Å². The van der Waals surface area contributed by atoms with Crippen molar-refractivity contribution in [3.63, 3.8) is 0 Å². The second-order valence-electron chi connectivity index (χ2n) is 6.83. The number of rotatable bonds is 1. The zero-order valence-electron chi connectivity index (χ0n) is 13.8. The highest BCUT2D eigenvalue weighted by atomic mass is 14.3. The number of benzene rings is 1. The molecule has 0 heteroatoms. The van der Waals surface area contributed by atoms with Crippen molar-refractivity contribution < 1.29 is 0 Å². The fourth-order valence-corrected chi connectivity index (χ4v) is 2.85. The highest BCUT2D eigenvalue weighted by Gasteiger charge is 2.20. The van der Waals surface area contributed by atoms with Crippen LogP contribution in [0.1, 0.15) is 84.3 Å². The molecule has 0 aliphatic heterocycles. The molecule has 1 aromatic carbocycles. The average molecular weight is 260 g/mol. The lowest BCUT2D eigenvalue weighted by Crippen LogP contribution is -2.13. The molecule has 0 nitrogen and oxygen atoms in total. The van der Waals surface area contributed by atoms with E-state index in [1.165, 1.54) is 31.2 Å². The molecule has 0 atom stereocenters. The summed E-state index contributed by atoms with van der Waals surface area (Å²) in [6.45, 7) is 13.2. The Morgan fingerprint density at radius 1 is 0.842 bits per heavy atom. The van der Waals surface area contributed by atoms with Crippen LogP contribution in [-0.2, 0) is 5.41 Å². The number of hydrogen-bond donors (Lipinski definition) is 0. The van der Waals surface area contributed by atoms with Crippen molar-refractivity contribution in [3.8, 4) is 0 Å². The quantitative estimate of drug-likeness (QED) is 0.555. The molecule has 0 unspecified atom stereocenters. The summed E-state index contributed by atoms with van der Waals surface area (Å²) in [5, 5.41) is 0. The first-order valence-electron chi connectivity index (χ1n) is 8.07. The van der Waals surface area contributed by atoms with Crippen molar-refractivity contribution in [2.45, 2.75) is 78.6 Å². The van der Waals surface area contributed by atoms with E-state index in [0.29, 0.717) is 0 Å². The van der Waals surface area contributed by atoms with Crippen molar-refractivity contribution in [1.29, 1.82) is 0 Å². The molecule has 1 fully saturated rings. The van der Waals surface area contributed by atoms with E-state index < -0.39 is 0 Å². The smallest absolute Gasteiger partial charge is 0.0132 e. The molecule has 1 aliphatic rings. The van der Waals surface area contributed by atoms with Gasteiger partial charge in [-0.1, -0.05) is 78.6 Å². The third kappa shape index (κ3) is 4.67. The Morgan fingerprint density at radius 2 is 1.32 bits per heavy atom. The minimum absolute atomic E-state index is 0.277. The molecule has 0 heterocycles. The normalized spacial score (nSPS) is 23.5. The Balaban J connectivity index is 0.000000861. The summed E-state index contributed by atoms with van der Waals surface area (Å²) in [6.07, 6.45) is 5.59. The summed E-state index contributed by atoms with van der Waals surface area (Å²) in [6, 6.07) is 9.38. The third-order valence-corrected chi connectivity index (χ3v) is 4.26. The van der Waals surface area contributed by atoms with E-state index in [4.69, 9.17) is 0 Å². The van der Waals surface area contributed by atoms with Crippen molar-refractivity contribution in [2.75, 3.05) is 0 Å². The largest absolute Gasteiger partial charge is 0.0683 e. The van der Waals surface area contributed by atoms with E-state index >= 15 is 0 Å². The maximum absolute atomic E-state index is 2.39. The zero-order valence-corrected chi connectivity index (χ0v) is 13.8. The standard InChI is InChI=1S/C17H26.C2H6/c1-13-5-7-14(8-6-13)15-9-11-16(12-10-15)17(2,3)4;1-2/h9-14H,5-8H2,1-4H3;1-2H3. The molecule has 0 bridgehead atoms. The van der Waals surface area contributed by atoms with Crippen LogP contribution in [0.25, 0.3) is 0 Å².